The summed E-state index contributed by atoms with van der Waals surface area (Å²) >= 11 is 1.20. The third kappa shape index (κ3) is 1.77. The number of hydrogen-bond donors (Lipinski definition) is 0. The van der Waals surface area contributed by atoms with Crippen molar-refractivity contribution in [2.45, 2.75) is 6.17 Å². The lowest BCUT2D eigenvalue weighted by Crippen LogP contribution is -2.07. The first-order valence-corrected chi connectivity index (χ1v) is 3.89. The Morgan fingerprint density at radius 1 is 1.82 bits per heavy atom. The van der Waals surface area contributed by atoms with Gasteiger partial charge in [-0.2, -0.15) is 0 Å². The molecule has 0 aliphatic carbocycles. The molecule has 0 bridgehead atoms. The van der Waals surface area contributed by atoms with Crippen LogP contribution in [0.2, 0.25) is 0 Å². The average molecular weight is 174 g/mol. The molecule has 1 aromatic heterocycles. The zero-order valence-corrected chi connectivity index (χ0v) is 6.73. The highest BCUT2D eigenvalue weighted by Gasteiger charge is 2.20. The monoisotopic (exact) mass is 174 g/mol. The molecule has 0 radical (unpaired) electrons. The SMILES string of the molecule is COC(=O)C(F)c1cccs1. The Morgan fingerprint density at radius 2 is 2.55 bits per heavy atom. The van der Waals surface area contributed by atoms with Gasteiger partial charge in [0.25, 0.3) is 0 Å². The second kappa shape index (κ2) is 3.48. The van der Waals surface area contributed by atoms with Gasteiger partial charge in [0.15, 0.2) is 0 Å². The van der Waals surface area contributed by atoms with E-state index in [1.807, 2.05) is 0 Å². The molecule has 0 fully saturated rings. The third-order valence-electron chi connectivity index (χ3n) is 1.20. The fourth-order valence-electron chi connectivity index (χ4n) is 0.655. The van der Waals surface area contributed by atoms with Crippen molar-refractivity contribution in [3.8, 4) is 0 Å². The molecule has 0 saturated carbocycles. The Labute approximate surface area is 67.6 Å². The maximum Gasteiger partial charge on any atom is 0.346 e. The standard InChI is InChI=1S/C7H7FO2S/c1-10-7(9)6(8)5-3-2-4-11-5/h2-4,6H,1H3. The average Bonchev–Trinajstić information content (AvgIpc) is 2.53. The molecule has 60 valence electrons. The highest BCUT2D eigenvalue weighted by atomic mass is 32.1. The molecule has 0 aromatic carbocycles. The maximum absolute atomic E-state index is 12.9. The summed E-state index contributed by atoms with van der Waals surface area (Å²) in [5, 5.41) is 1.71. The molecule has 1 rings (SSSR count). The number of thiophene rings is 1. The van der Waals surface area contributed by atoms with Crippen LogP contribution in [0, 0.1) is 0 Å². The first-order valence-electron chi connectivity index (χ1n) is 3.01. The topological polar surface area (TPSA) is 26.3 Å². The number of ether oxygens (including phenoxy) is 1. The predicted octanol–water partition coefficient (Wildman–Crippen LogP) is 1.93. The van der Waals surface area contributed by atoms with Gasteiger partial charge in [-0.25, -0.2) is 9.18 Å². The highest BCUT2D eigenvalue weighted by Crippen LogP contribution is 2.23. The molecule has 1 atom stereocenters. The molecule has 0 saturated heterocycles. The Morgan fingerprint density at radius 3 is 3.00 bits per heavy atom. The van der Waals surface area contributed by atoms with E-state index in [0.717, 1.165) is 0 Å². The van der Waals surface area contributed by atoms with Crippen LogP contribution < -0.4 is 0 Å². The van der Waals surface area contributed by atoms with Crippen LogP contribution in [0.25, 0.3) is 0 Å². The van der Waals surface area contributed by atoms with Gasteiger partial charge in [-0.3, -0.25) is 0 Å². The molecule has 0 amide bonds. The molecule has 1 unspecified atom stereocenters. The largest absolute Gasteiger partial charge is 0.467 e. The number of alkyl halides is 1. The normalized spacial score (nSPS) is 12.5. The molecular weight excluding hydrogens is 167 g/mol. The summed E-state index contributed by atoms with van der Waals surface area (Å²) in [5.74, 6) is -0.840. The molecule has 2 nitrogen and oxygen atoms in total. The van der Waals surface area contributed by atoms with E-state index in [0.29, 0.717) is 4.88 Å². The lowest BCUT2D eigenvalue weighted by atomic mass is 10.3. The number of halogens is 1. The molecule has 0 aliphatic heterocycles. The second-order valence-corrected chi connectivity index (χ2v) is 2.88. The van der Waals surface area contributed by atoms with Gasteiger partial charge in [-0.1, -0.05) is 6.07 Å². The smallest absolute Gasteiger partial charge is 0.346 e. The minimum Gasteiger partial charge on any atom is -0.467 e. The zero-order valence-electron chi connectivity index (χ0n) is 5.91. The van der Waals surface area contributed by atoms with Crippen molar-refractivity contribution in [1.82, 2.24) is 0 Å². The number of methoxy groups -OCH3 is 1. The first kappa shape index (κ1) is 8.20. The number of hydrogen-bond acceptors (Lipinski definition) is 3. The molecule has 0 N–H and O–H groups in total. The summed E-state index contributed by atoms with van der Waals surface area (Å²) in [4.78, 5) is 11.0. The van der Waals surface area contributed by atoms with E-state index in [2.05, 4.69) is 4.74 Å². The van der Waals surface area contributed by atoms with Crippen molar-refractivity contribution in [3.63, 3.8) is 0 Å². The molecular formula is C7H7FO2S. The van der Waals surface area contributed by atoms with Crippen molar-refractivity contribution in [2.75, 3.05) is 7.11 Å². The van der Waals surface area contributed by atoms with Gasteiger partial charge in [0, 0.05) is 4.88 Å². The highest BCUT2D eigenvalue weighted by molar-refractivity contribution is 7.10. The van der Waals surface area contributed by atoms with Crippen LogP contribution in [-0.4, -0.2) is 13.1 Å². The van der Waals surface area contributed by atoms with Crippen LogP contribution >= 0.6 is 11.3 Å². The Bertz CT molecular complexity index is 233. The van der Waals surface area contributed by atoms with E-state index in [9.17, 15) is 9.18 Å². The predicted molar refractivity (Wildman–Crippen MR) is 40.2 cm³/mol. The van der Waals surface area contributed by atoms with Crippen molar-refractivity contribution < 1.29 is 13.9 Å². The van der Waals surface area contributed by atoms with Crippen molar-refractivity contribution in [3.05, 3.63) is 22.4 Å². The Balaban J connectivity index is 2.70. The van der Waals surface area contributed by atoms with Crippen molar-refractivity contribution in [2.24, 2.45) is 0 Å². The van der Waals surface area contributed by atoms with E-state index in [1.165, 1.54) is 18.4 Å². The van der Waals surface area contributed by atoms with E-state index in [-0.39, 0.29) is 0 Å². The molecule has 4 heteroatoms. The summed E-state index contributed by atoms with van der Waals surface area (Å²) in [7, 11) is 1.17. The van der Waals surface area contributed by atoms with Crippen LogP contribution in [0.1, 0.15) is 11.0 Å². The summed E-state index contributed by atoms with van der Waals surface area (Å²) in [6.07, 6.45) is -1.62. The summed E-state index contributed by atoms with van der Waals surface area (Å²) in [5.41, 5.74) is 0. The lowest BCUT2D eigenvalue weighted by Gasteiger charge is -2.01. The van der Waals surface area contributed by atoms with Crippen LogP contribution in [0.3, 0.4) is 0 Å². The van der Waals surface area contributed by atoms with E-state index < -0.39 is 12.1 Å². The lowest BCUT2D eigenvalue weighted by molar-refractivity contribution is -0.146. The molecule has 1 heterocycles. The van der Waals surface area contributed by atoms with Gasteiger partial charge in [-0.05, 0) is 11.4 Å². The van der Waals surface area contributed by atoms with E-state index in [1.54, 1.807) is 17.5 Å². The summed E-state index contributed by atoms with van der Waals surface area (Å²) in [6, 6.07) is 3.25. The van der Waals surface area contributed by atoms with Crippen LogP contribution in [0.15, 0.2) is 17.5 Å². The van der Waals surface area contributed by atoms with Gasteiger partial charge in [-0.15, -0.1) is 11.3 Å². The van der Waals surface area contributed by atoms with Crippen molar-refractivity contribution >= 4 is 17.3 Å². The minimum absolute atomic E-state index is 0.386. The van der Waals surface area contributed by atoms with Crippen LogP contribution in [-0.2, 0) is 9.53 Å². The summed E-state index contributed by atoms with van der Waals surface area (Å²) < 4.78 is 17.1. The second-order valence-electron chi connectivity index (χ2n) is 1.90. The van der Waals surface area contributed by atoms with Gasteiger partial charge in [0.2, 0.25) is 6.17 Å². The van der Waals surface area contributed by atoms with Gasteiger partial charge >= 0.3 is 5.97 Å². The first-order chi connectivity index (χ1) is 5.25. The molecule has 0 spiro atoms. The third-order valence-corrected chi connectivity index (χ3v) is 2.11. The van der Waals surface area contributed by atoms with Gasteiger partial charge < -0.3 is 4.74 Å². The van der Waals surface area contributed by atoms with E-state index in [4.69, 9.17) is 0 Å². The minimum atomic E-state index is -1.62. The fraction of sp³-hybridized carbons (Fsp3) is 0.286. The number of rotatable bonds is 2. The Hall–Kier alpha value is -0.900. The zero-order chi connectivity index (χ0) is 8.27. The number of carbonyl (C=O) groups is 1. The maximum atomic E-state index is 12.9. The fourth-order valence-corrected chi connectivity index (χ4v) is 1.34. The van der Waals surface area contributed by atoms with Gasteiger partial charge in [0.05, 0.1) is 7.11 Å². The van der Waals surface area contributed by atoms with Crippen LogP contribution in [0.5, 0.6) is 0 Å². The number of esters is 1. The van der Waals surface area contributed by atoms with Gasteiger partial charge in [0.1, 0.15) is 0 Å². The Kier molecular flexibility index (Phi) is 2.59. The van der Waals surface area contributed by atoms with E-state index >= 15 is 0 Å². The molecule has 1 aromatic rings. The van der Waals surface area contributed by atoms with Crippen LogP contribution in [0.4, 0.5) is 4.39 Å². The molecule has 0 aliphatic rings. The van der Waals surface area contributed by atoms with Crippen molar-refractivity contribution in [1.29, 1.82) is 0 Å². The quantitative estimate of drug-likeness (QED) is 0.640. The number of carbonyl (C=O) groups excluding carboxylic acids is 1. The summed E-state index contributed by atoms with van der Waals surface area (Å²) in [6.45, 7) is 0. The molecule has 11 heavy (non-hydrogen) atoms.